The summed E-state index contributed by atoms with van der Waals surface area (Å²) in [4.78, 5) is 20.2. The van der Waals surface area contributed by atoms with E-state index in [2.05, 4.69) is 6.92 Å². The summed E-state index contributed by atoms with van der Waals surface area (Å²) in [5, 5.41) is 0.647. The van der Waals surface area contributed by atoms with Crippen LogP contribution in [0.25, 0.3) is 10.2 Å². The molecular weight excluding hydrogens is 432 g/mol. The third kappa shape index (κ3) is 5.52. The monoisotopic (exact) mass is 460 g/mol. The molecule has 0 radical (unpaired) electrons. The smallest absolute Gasteiger partial charge is 0.260 e. The van der Waals surface area contributed by atoms with E-state index < -0.39 is 0 Å². The second-order valence-corrected chi connectivity index (χ2v) is 8.64. The molecule has 0 unspecified atom stereocenters. The number of anilines is 1. The van der Waals surface area contributed by atoms with E-state index >= 15 is 0 Å². The Morgan fingerprint density at radius 1 is 0.939 bits per heavy atom. The Bertz CT molecular complexity index is 1190. The lowest BCUT2D eigenvalue weighted by Crippen LogP contribution is -2.30. The van der Waals surface area contributed by atoms with Crippen molar-refractivity contribution < 1.29 is 14.3 Å². The fourth-order valence-electron chi connectivity index (χ4n) is 3.48. The highest BCUT2D eigenvalue weighted by atomic mass is 32.1. The number of aromatic nitrogens is 1. The largest absolute Gasteiger partial charge is 0.494 e. The predicted octanol–water partition coefficient (Wildman–Crippen LogP) is 6.72. The SMILES string of the molecule is CCCCOc1ccc(C(=O)N(Cc2ccccc2)c2nc3c(OCC)cccc3s2)cc1. The summed E-state index contributed by atoms with van der Waals surface area (Å²) in [5.41, 5.74) is 2.41. The highest BCUT2D eigenvalue weighted by Gasteiger charge is 2.23. The highest BCUT2D eigenvalue weighted by molar-refractivity contribution is 7.22. The maximum absolute atomic E-state index is 13.6. The quantitative estimate of drug-likeness (QED) is 0.247. The standard InChI is InChI=1S/C27H28N2O3S/c1-3-5-18-32-22-16-14-21(15-17-22)26(30)29(19-20-10-7-6-8-11-20)27-28-25-23(31-4-2)12-9-13-24(25)33-27/h6-17H,3-5,18-19H2,1-2H3. The van der Waals surface area contributed by atoms with E-state index in [1.165, 1.54) is 11.3 Å². The third-order valence-electron chi connectivity index (χ3n) is 5.20. The topological polar surface area (TPSA) is 51.7 Å². The molecular formula is C27H28N2O3S. The first-order valence-electron chi connectivity index (χ1n) is 11.3. The molecule has 0 bridgehead atoms. The summed E-state index contributed by atoms with van der Waals surface area (Å²) < 4.78 is 12.5. The summed E-state index contributed by atoms with van der Waals surface area (Å²) in [6.45, 7) is 5.75. The number of benzene rings is 3. The van der Waals surface area contributed by atoms with Crippen LogP contribution in [0, 0.1) is 0 Å². The van der Waals surface area contributed by atoms with Crippen molar-refractivity contribution in [3.8, 4) is 11.5 Å². The van der Waals surface area contributed by atoms with E-state index in [0.29, 0.717) is 30.5 Å². The molecule has 0 atom stereocenters. The fourth-order valence-corrected chi connectivity index (χ4v) is 4.46. The van der Waals surface area contributed by atoms with Gasteiger partial charge in [0.1, 0.15) is 17.0 Å². The molecule has 1 amide bonds. The van der Waals surface area contributed by atoms with Gasteiger partial charge >= 0.3 is 0 Å². The van der Waals surface area contributed by atoms with Crippen LogP contribution >= 0.6 is 11.3 Å². The number of unbranched alkanes of at least 4 members (excludes halogenated alkanes) is 1. The van der Waals surface area contributed by atoms with Crippen molar-refractivity contribution in [1.29, 1.82) is 0 Å². The number of amides is 1. The van der Waals surface area contributed by atoms with Gasteiger partial charge < -0.3 is 9.47 Å². The second-order valence-electron chi connectivity index (χ2n) is 7.64. The average molecular weight is 461 g/mol. The average Bonchev–Trinajstić information content (AvgIpc) is 3.29. The Morgan fingerprint density at radius 3 is 2.45 bits per heavy atom. The maximum Gasteiger partial charge on any atom is 0.260 e. The lowest BCUT2D eigenvalue weighted by atomic mass is 10.1. The van der Waals surface area contributed by atoms with Crippen molar-refractivity contribution in [3.05, 3.63) is 83.9 Å². The molecule has 4 aromatic rings. The first-order chi connectivity index (χ1) is 16.2. The molecule has 1 heterocycles. The van der Waals surface area contributed by atoms with Gasteiger partial charge in [0, 0.05) is 5.56 Å². The van der Waals surface area contributed by atoms with Gasteiger partial charge in [-0.2, -0.15) is 0 Å². The van der Waals surface area contributed by atoms with Crippen LogP contribution < -0.4 is 14.4 Å². The van der Waals surface area contributed by atoms with Gasteiger partial charge in [-0.3, -0.25) is 9.69 Å². The van der Waals surface area contributed by atoms with Crippen molar-refractivity contribution >= 4 is 32.6 Å². The zero-order valence-electron chi connectivity index (χ0n) is 19.0. The van der Waals surface area contributed by atoms with Crippen LogP contribution in [0.2, 0.25) is 0 Å². The van der Waals surface area contributed by atoms with Crippen molar-refractivity contribution in [3.63, 3.8) is 0 Å². The molecule has 4 rings (SSSR count). The summed E-state index contributed by atoms with van der Waals surface area (Å²) in [5.74, 6) is 1.41. The Morgan fingerprint density at radius 2 is 1.73 bits per heavy atom. The number of carbonyl (C=O) groups is 1. The van der Waals surface area contributed by atoms with Crippen LogP contribution in [0.5, 0.6) is 11.5 Å². The predicted molar refractivity (Wildman–Crippen MR) is 135 cm³/mol. The van der Waals surface area contributed by atoms with Crippen molar-refractivity contribution in [1.82, 2.24) is 4.98 Å². The number of thiazole rings is 1. The van der Waals surface area contributed by atoms with E-state index in [9.17, 15) is 4.79 Å². The Kier molecular flexibility index (Phi) is 7.58. The number of hydrogen-bond acceptors (Lipinski definition) is 5. The van der Waals surface area contributed by atoms with Gasteiger partial charge in [-0.1, -0.05) is 61.1 Å². The molecule has 0 spiro atoms. The zero-order valence-corrected chi connectivity index (χ0v) is 19.8. The van der Waals surface area contributed by atoms with E-state index in [1.807, 2.05) is 79.7 Å². The lowest BCUT2D eigenvalue weighted by Gasteiger charge is -2.20. The van der Waals surface area contributed by atoms with Crippen LogP contribution in [0.1, 0.15) is 42.6 Å². The summed E-state index contributed by atoms with van der Waals surface area (Å²) in [6, 6.07) is 23.2. The summed E-state index contributed by atoms with van der Waals surface area (Å²) in [6.07, 6.45) is 2.09. The number of para-hydroxylation sites is 1. The van der Waals surface area contributed by atoms with Crippen LogP contribution in [0.3, 0.4) is 0 Å². The molecule has 0 N–H and O–H groups in total. The minimum absolute atomic E-state index is 0.101. The van der Waals surface area contributed by atoms with Crippen molar-refractivity contribution in [2.45, 2.75) is 33.2 Å². The first kappa shape index (κ1) is 22.8. The minimum Gasteiger partial charge on any atom is -0.494 e. The first-order valence-corrected chi connectivity index (χ1v) is 12.1. The van der Waals surface area contributed by atoms with Gasteiger partial charge in [0.15, 0.2) is 5.13 Å². The maximum atomic E-state index is 13.6. The number of carbonyl (C=O) groups excluding carboxylic acids is 1. The molecule has 0 fully saturated rings. The van der Waals surface area contributed by atoms with E-state index in [1.54, 1.807) is 4.90 Å². The molecule has 0 aliphatic heterocycles. The van der Waals surface area contributed by atoms with E-state index in [4.69, 9.17) is 14.5 Å². The van der Waals surface area contributed by atoms with Crippen molar-refractivity contribution in [2.24, 2.45) is 0 Å². The molecule has 170 valence electrons. The molecule has 33 heavy (non-hydrogen) atoms. The number of fused-ring (bicyclic) bond motifs is 1. The summed E-state index contributed by atoms with van der Waals surface area (Å²) in [7, 11) is 0. The Balaban J connectivity index is 1.66. The molecule has 5 nitrogen and oxygen atoms in total. The normalized spacial score (nSPS) is 10.8. The molecule has 0 aliphatic carbocycles. The van der Waals surface area contributed by atoms with Gasteiger partial charge in [0.05, 0.1) is 24.5 Å². The molecule has 3 aromatic carbocycles. The van der Waals surface area contributed by atoms with Gasteiger partial charge in [-0.15, -0.1) is 0 Å². The van der Waals surface area contributed by atoms with Crippen LogP contribution in [0.15, 0.2) is 72.8 Å². The van der Waals surface area contributed by atoms with Crippen LogP contribution in [-0.2, 0) is 6.54 Å². The number of hydrogen-bond donors (Lipinski definition) is 0. The molecule has 1 aromatic heterocycles. The Hall–Kier alpha value is -3.38. The van der Waals surface area contributed by atoms with Gasteiger partial charge in [-0.25, -0.2) is 4.98 Å². The van der Waals surface area contributed by atoms with E-state index in [0.717, 1.165) is 40.1 Å². The number of rotatable bonds is 10. The lowest BCUT2D eigenvalue weighted by molar-refractivity contribution is 0.0985. The van der Waals surface area contributed by atoms with Crippen LogP contribution in [-0.4, -0.2) is 24.1 Å². The van der Waals surface area contributed by atoms with E-state index in [-0.39, 0.29) is 5.91 Å². The summed E-state index contributed by atoms with van der Waals surface area (Å²) >= 11 is 1.49. The molecule has 6 heteroatoms. The number of nitrogens with zero attached hydrogens (tertiary/aromatic N) is 2. The van der Waals surface area contributed by atoms with Gasteiger partial charge in [0.2, 0.25) is 0 Å². The molecule has 0 saturated carbocycles. The third-order valence-corrected chi connectivity index (χ3v) is 6.24. The minimum atomic E-state index is -0.101. The van der Waals surface area contributed by atoms with Crippen molar-refractivity contribution in [2.75, 3.05) is 18.1 Å². The van der Waals surface area contributed by atoms with Gasteiger partial charge in [0.25, 0.3) is 5.91 Å². The number of ether oxygens (including phenoxy) is 2. The zero-order chi connectivity index (χ0) is 23.0. The van der Waals surface area contributed by atoms with Gasteiger partial charge in [-0.05, 0) is 55.3 Å². The molecule has 0 saturated heterocycles. The fraction of sp³-hybridized carbons (Fsp3) is 0.259. The Labute approximate surface area is 198 Å². The highest BCUT2D eigenvalue weighted by Crippen LogP contribution is 2.35. The second kappa shape index (κ2) is 11.0. The van der Waals surface area contributed by atoms with Crippen LogP contribution in [0.4, 0.5) is 5.13 Å². The molecule has 0 aliphatic rings.